The standard InChI is InChI=1S/C38H41N2S.C13H24O2.Ir/c1-22(2)18-27-28(21-39)30-26-14-17-40-33(24-19-23-12-10-11-13-25(23)29(20-24)36(3,4)5)34(26)41-35(30)32-31(27)37(6,7)15-16-38(32,8)9;1-5-10(6-2)12(14)9-13(15)11(7-3)8-4;/h10-14,17,20,22H,15-16,18H2,1-9H3;9-11,14H,5-8H2,1-4H3;/q-1;;/b;12-9-;. The molecule has 0 amide bonds. The van der Waals surface area contributed by atoms with Crippen LogP contribution in [-0.4, -0.2) is 15.9 Å². The van der Waals surface area contributed by atoms with Gasteiger partial charge in [-0.3, -0.25) is 9.78 Å². The smallest absolute Gasteiger partial charge is 0.162 e. The van der Waals surface area contributed by atoms with Crippen LogP contribution in [0.4, 0.5) is 0 Å². The van der Waals surface area contributed by atoms with Gasteiger partial charge in [-0.1, -0.05) is 119 Å². The van der Waals surface area contributed by atoms with Gasteiger partial charge in [0, 0.05) is 64.7 Å². The summed E-state index contributed by atoms with van der Waals surface area (Å²) >= 11 is 1.84. The van der Waals surface area contributed by atoms with Crippen molar-refractivity contribution in [2.24, 2.45) is 17.8 Å². The number of aliphatic hydroxyl groups is 1. The first-order valence-corrected chi connectivity index (χ1v) is 21.9. The molecule has 1 aliphatic carbocycles. The topological polar surface area (TPSA) is 74.0 Å². The Balaban J connectivity index is 0.000000385. The van der Waals surface area contributed by atoms with Gasteiger partial charge >= 0.3 is 0 Å². The maximum Gasteiger partial charge on any atom is 0.162 e. The number of pyridine rings is 1. The van der Waals surface area contributed by atoms with Gasteiger partial charge in [-0.05, 0) is 95.3 Å². The third kappa shape index (κ3) is 9.27. The fourth-order valence-electron chi connectivity index (χ4n) is 8.94. The van der Waals surface area contributed by atoms with Crippen molar-refractivity contribution in [1.82, 2.24) is 4.98 Å². The Bertz CT molecular complexity index is 2310. The van der Waals surface area contributed by atoms with E-state index < -0.39 is 0 Å². The molecule has 0 atom stereocenters. The normalized spacial score (nSPS) is 15.1. The summed E-state index contributed by atoms with van der Waals surface area (Å²) in [6.07, 6.45) is 10.0. The quantitative estimate of drug-likeness (QED) is 0.0860. The van der Waals surface area contributed by atoms with E-state index in [1.54, 1.807) is 0 Å². The zero-order chi connectivity index (χ0) is 41.3. The van der Waals surface area contributed by atoms with E-state index >= 15 is 0 Å². The molecule has 57 heavy (non-hydrogen) atoms. The maximum absolute atomic E-state index is 11.7. The zero-order valence-corrected chi connectivity index (χ0v) is 40.0. The van der Waals surface area contributed by atoms with Gasteiger partial charge < -0.3 is 5.11 Å². The summed E-state index contributed by atoms with van der Waals surface area (Å²) in [5.41, 5.74) is 8.38. The molecule has 0 bridgehead atoms. The predicted molar refractivity (Wildman–Crippen MR) is 240 cm³/mol. The number of fused-ring (bicyclic) bond motifs is 6. The molecule has 2 aromatic heterocycles. The van der Waals surface area contributed by atoms with E-state index in [1.165, 1.54) is 38.4 Å². The molecule has 0 saturated carbocycles. The Kier molecular flexibility index (Phi) is 14.9. The van der Waals surface area contributed by atoms with E-state index in [0.717, 1.165) is 82.6 Å². The van der Waals surface area contributed by atoms with Crippen molar-refractivity contribution in [2.75, 3.05) is 0 Å². The van der Waals surface area contributed by atoms with Crippen LogP contribution in [0, 0.1) is 35.2 Å². The predicted octanol–water partition coefficient (Wildman–Crippen LogP) is 14.7. The van der Waals surface area contributed by atoms with Gasteiger partial charge in [-0.2, -0.15) is 5.26 Å². The minimum Gasteiger partial charge on any atom is -0.512 e. The molecule has 0 unspecified atom stereocenters. The molecule has 0 fully saturated rings. The molecular formula is C51H65IrN2O2S-. The number of nitrogens with zero attached hydrogens (tertiary/aromatic N) is 2. The monoisotopic (exact) mass is 962 g/mol. The van der Waals surface area contributed by atoms with Crippen molar-refractivity contribution in [3.05, 3.63) is 88.3 Å². The second kappa shape index (κ2) is 18.3. The van der Waals surface area contributed by atoms with Gasteiger partial charge in [0.2, 0.25) is 0 Å². The first kappa shape index (κ1) is 46.3. The summed E-state index contributed by atoms with van der Waals surface area (Å²) in [4.78, 5) is 16.7. The Morgan fingerprint density at radius 2 is 1.53 bits per heavy atom. The second-order valence-electron chi connectivity index (χ2n) is 18.8. The van der Waals surface area contributed by atoms with E-state index in [-0.39, 0.29) is 59.7 Å². The molecule has 1 aliphatic rings. The molecule has 0 spiro atoms. The largest absolute Gasteiger partial charge is 0.512 e. The Labute approximate surface area is 360 Å². The van der Waals surface area contributed by atoms with Crippen molar-refractivity contribution in [3.63, 3.8) is 0 Å². The average molecular weight is 962 g/mol. The van der Waals surface area contributed by atoms with Crippen LogP contribution in [-0.2, 0) is 47.6 Å². The van der Waals surface area contributed by atoms with Gasteiger partial charge in [0.25, 0.3) is 0 Å². The number of hydrogen-bond donors (Lipinski definition) is 1. The van der Waals surface area contributed by atoms with Crippen LogP contribution >= 0.6 is 11.3 Å². The SMILES string of the molecule is CC(C)Cc1c2c(c3sc4c(-c5[c-]c6ccccc6c(C(C)(C)C)c5)nccc4c3c1C#N)C(C)(C)CCC2(C)C.CCC(CC)C(=O)/C=C(\O)C(CC)CC.[Ir]. The third-order valence-corrected chi connectivity index (χ3v) is 13.5. The number of benzene rings is 3. The molecule has 5 aromatic rings. The Morgan fingerprint density at radius 1 is 0.930 bits per heavy atom. The van der Waals surface area contributed by atoms with Gasteiger partial charge in [-0.15, -0.1) is 40.5 Å². The molecular weight excluding hydrogens is 897 g/mol. The summed E-state index contributed by atoms with van der Waals surface area (Å²) in [6.45, 7) is 29.0. The number of nitriles is 1. The van der Waals surface area contributed by atoms with Gasteiger partial charge in [0.1, 0.15) is 6.07 Å². The molecule has 0 saturated heterocycles. The number of aliphatic hydroxyl groups excluding tert-OH is 1. The minimum absolute atomic E-state index is 0. The molecule has 0 aliphatic heterocycles. The van der Waals surface area contributed by atoms with Crippen molar-refractivity contribution in [3.8, 4) is 17.3 Å². The van der Waals surface area contributed by atoms with Crippen LogP contribution in [0.1, 0.15) is 156 Å². The Hall–Kier alpha value is -3.36. The van der Waals surface area contributed by atoms with Crippen molar-refractivity contribution >= 4 is 48.1 Å². The summed E-state index contributed by atoms with van der Waals surface area (Å²) in [7, 11) is 0. The van der Waals surface area contributed by atoms with Crippen molar-refractivity contribution in [1.29, 1.82) is 5.26 Å². The minimum atomic E-state index is -0.0219. The molecule has 1 radical (unpaired) electrons. The number of ketones is 1. The Morgan fingerprint density at radius 3 is 2.09 bits per heavy atom. The van der Waals surface area contributed by atoms with Crippen LogP contribution in [0.3, 0.4) is 0 Å². The summed E-state index contributed by atoms with van der Waals surface area (Å²) in [5, 5.41) is 25.2. The van der Waals surface area contributed by atoms with Crippen LogP contribution < -0.4 is 0 Å². The van der Waals surface area contributed by atoms with Crippen LogP contribution in [0.2, 0.25) is 0 Å². The number of thiophene rings is 1. The molecule has 6 rings (SSSR count). The van der Waals surface area contributed by atoms with E-state index in [9.17, 15) is 15.2 Å². The van der Waals surface area contributed by atoms with Gasteiger partial charge in [-0.25, -0.2) is 0 Å². The first-order valence-electron chi connectivity index (χ1n) is 21.1. The molecule has 4 nitrogen and oxygen atoms in total. The number of aromatic nitrogens is 1. The van der Waals surface area contributed by atoms with Crippen LogP contribution in [0.5, 0.6) is 0 Å². The first-order chi connectivity index (χ1) is 26.3. The maximum atomic E-state index is 11.7. The molecule has 6 heteroatoms. The fraction of sp³-hybridized carbons (Fsp3) is 0.510. The average Bonchev–Trinajstić information content (AvgIpc) is 3.52. The number of carbonyl (C=O) groups excluding carboxylic acids is 1. The zero-order valence-electron chi connectivity index (χ0n) is 36.8. The van der Waals surface area contributed by atoms with E-state index in [2.05, 4.69) is 111 Å². The molecule has 307 valence electrons. The molecule has 2 heterocycles. The number of carbonyl (C=O) groups is 1. The van der Waals surface area contributed by atoms with E-state index in [0.29, 0.717) is 5.92 Å². The van der Waals surface area contributed by atoms with E-state index in [1.807, 2.05) is 45.2 Å². The van der Waals surface area contributed by atoms with Gasteiger partial charge in [0.15, 0.2) is 5.78 Å². The fourth-order valence-corrected chi connectivity index (χ4v) is 10.5. The molecule has 1 N–H and O–H groups in total. The van der Waals surface area contributed by atoms with Crippen LogP contribution in [0.15, 0.2) is 54.4 Å². The van der Waals surface area contributed by atoms with Crippen molar-refractivity contribution in [2.45, 2.75) is 151 Å². The van der Waals surface area contributed by atoms with Crippen molar-refractivity contribution < 1.29 is 30.0 Å². The van der Waals surface area contributed by atoms with Gasteiger partial charge in [0.05, 0.1) is 11.3 Å². The number of allylic oxidation sites excluding steroid dienone is 2. The summed E-state index contributed by atoms with van der Waals surface area (Å²) in [5.74, 6) is 1.01. The second-order valence-corrected chi connectivity index (χ2v) is 19.8. The third-order valence-electron chi connectivity index (χ3n) is 12.3. The number of rotatable bonds is 10. The summed E-state index contributed by atoms with van der Waals surface area (Å²) in [6, 6.07) is 19.5. The number of hydrogen-bond acceptors (Lipinski definition) is 5. The summed E-state index contributed by atoms with van der Waals surface area (Å²) < 4.78 is 2.44. The molecule has 3 aromatic carbocycles. The van der Waals surface area contributed by atoms with E-state index in [4.69, 9.17) is 4.98 Å². The van der Waals surface area contributed by atoms with Crippen LogP contribution in [0.25, 0.3) is 42.2 Å².